The Kier molecular flexibility index (Phi) is 3.87. The second-order valence-electron chi connectivity index (χ2n) is 4.71. The normalized spacial score (nSPS) is 24.8. The molecule has 1 aliphatic rings. The Bertz CT molecular complexity index is 516. The number of piperidine rings is 1. The lowest BCUT2D eigenvalue weighted by Crippen LogP contribution is -2.43. The van der Waals surface area contributed by atoms with Gasteiger partial charge < -0.3 is 10.1 Å². The number of aromatic nitrogens is 1. The zero-order valence-electron chi connectivity index (χ0n) is 10.6. The first-order chi connectivity index (χ1) is 8.48. The molecular formula is C12H18N2O3S. The fraction of sp³-hybridized carbons (Fsp3) is 0.583. The highest BCUT2D eigenvalue weighted by molar-refractivity contribution is 7.90. The number of ether oxygens (including phenoxy) is 1. The number of hydrogen-bond donors (Lipinski definition) is 1. The summed E-state index contributed by atoms with van der Waals surface area (Å²) in [6.07, 6.45) is 3.70. The first-order valence-corrected chi connectivity index (χ1v) is 7.90. The van der Waals surface area contributed by atoms with Crippen LogP contribution in [0.25, 0.3) is 0 Å². The van der Waals surface area contributed by atoms with Crippen molar-refractivity contribution >= 4 is 9.84 Å². The van der Waals surface area contributed by atoms with Crippen LogP contribution in [0, 0.1) is 5.92 Å². The Morgan fingerprint density at radius 2 is 2.28 bits per heavy atom. The molecule has 1 aromatic heterocycles. The van der Waals surface area contributed by atoms with Gasteiger partial charge in [-0.1, -0.05) is 6.92 Å². The summed E-state index contributed by atoms with van der Waals surface area (Å²) in [7, 11) is -3.31. The van der Waals surface area contributed by atoms with Gasteiger partial charge in [0, 0.05) is 19.0 Å². The summed E-state index contributed by atoms with van der Waals surface area (Å²) in [5.74, 6) is 0.598. The Hall–Kier alpha value is -1.14. The summed E-state index contributed by atoms with van der Waals surface area (Å²) in [5, 5.41) is 3.24. The van der Waals surface area contributed by atoms with Crippen LogP contribution < -0.4 is 10.1 Å². The third-order valence-corrected chi connectivity index (χ3v) is 4.27. The molecule has 0 amide bonds. The van der Waals surface area contributed by atoms with E-state index in [0.29, 0.717) is 5.92 Å². The van der Waals surface area contributed by atoms with Gasteiger partial charge >= 0.3 is 0 Å². The molecule has 100 valence electrons. The van der Waals surface area contributed by atoms with Crippen molar-refractivity contribution in [1.82, 2.24) is 10.3 Å². The molecule has 1 N–H and O–H groups in total. The predicted octanol–water partition coefficient (Wildman–Crippen LogP) is 0.862. The van der Waals surface area contributed by atoms with E-state index < -0.39 is 9.84 Å². The van der Waals surface area contributed by atoms with Crippen molar-refractivity contribution in [3.8, 4) is 5.88 Å². The van der Waals surface area contributed by atoms with Gasteiger partial charge in [0.2, 0.25) is 5.88 Å². The lowest BCUT2D eigenvalue weighted by molar-refractivity contribution is 0.106. The summed E-state index contributed by atoms with van der Waals surface area (Å²) in [4.78, 5) is 4.20. The van der Waals surface area contributed by atoms with Gasteiger partial charge in [-0.2, -0.15) is 0 Å². The average Bonchev–Trinajstić information content (AvgIpc) is 2.31. The van der Waals surface area contributed by atoms with Gasteiger partial charge in [-0.15, -0.1) is 0 Å². The van der Waals surface area contributed by atoms with Gasteiger partial charge in [0.1, 0.15) is 11.0 Å². The van der Waals surface area contributed by atoms with Crippen molar-refractivity contribution in [3.05, 3.63) is 18.3 Å². The molecule has 18 heavy (non-hydrogen) atoms. The maximum atomic E-state index is 11.6. The minimum atomic E-state index is -3.31. The largest absolute Gasteiger partial charge is 0.472 e. The Balaban J connectivity index is 2.24. The van der Waals surface area contributed by atoms with Gasteiger partial charge in [0.05, 0.1) is 0 Å². The highest BCUT2D eigenvalue weighted by Gasteiger charge is 2.25. The number of hydrogen-bond acceptors (Lipinski definition) is 5. The third-order valence-electron chi connectivity index (χ3n) is 3.16. The van der Waals surface area contributed by atoms with Crippen molar-refractivity contribution in [1.29, 1.82) is 0 Å². The summed E-state index contributed by atoms with van der Waals surface area (Å²) in [5.41, 5.74) is 0. The number of pyridine rings is 1. The molecule has 0 spiro atoms. The molecule has 0 aromatic carbocycles. The first-order valence-electron chi connectivity index (χ1n) is 6.01. The van der Waals surface area contributed by atoms with Crippen molar-refractivity contribution in [2.75, 3.05) is 19.3 Å². The summed E-state index contributed by atoms with van der Waals surface area (Å²) in [6.45, 7) is 3.80. The molecule has 2 heterocycles. The van der Waals surface area contributed by atoms with Gasteiger partial charge in [0.15, 0.2) is 9.84 Å². The number of sulfone groups is 1. The minimum Gasteiger partial charge on any atom is -0.472 e. The van der Waals surface area contributed by atoms with Gasteiger partial charge in [-0.3, -0.25) is 0 Å². The van der Waals surface area contributed by atoms with Crippen LogP contribution in [0.2, 0.25) is 0 Å². The summed E-state index contributed by atoms with van der Waals surface area (Å²) >= 11 is 0. The molecule has 1 aliphatic heterocycles. The van der Waals surface area contributed by atoms with E-state index in [1.165, 1.54) is 12.3 Å². The molecule has 5 nitrogen and oxygen atoms in total. The zero-order valence-corrected chi connectivity index (χ0v) is 11.4. The lowest BCUT2D eigenvalue weighted by Gasteiger charge is -2.29. The summed E-state index contributed by atoms with van der Waals surface area (Å²) < 4.78 is 29.1. The van der Waals surface area contributed by atoms with E-state index in [4.69, 9.17) is 4.74 Å². The van der Waals surface area contributed by atoms with Crippen LogP contribution in [0.3, 0.4) is 0 Å². The molecule has 0 saturated carbocycles. The number of rotatable bonds is 3. The second kappa shape index (κ2) is 5.24. The second-order valence-corrected chi connectivity index (χ2v) is 6.69. The topological polar surface area (TPSA) is 68.3 Å². The zero-order chi connectivity index (χ0) is 13.2. The van der Waals surface area contributed by atoms with E-state index in [1.54, 1.807) is 12.3 Å². The van der Waals surface area contributed by atoms with E-state index in [1.807, 2.05) is 0 Å². The molecule has 2 rings (SSSR count). The minimum absolute atomic E-state index is 0.0332. The standard InChI is InChI=1S/C12H18N2O3S/c1-9-5-7-13-8-10(9)17-12-11(18(2,15)16)4-3-6-14-12/h3-4,6,9-10,13H,5,7-8H2,1-2H3. The van der Waals surface area contributed by atoms with E-state index in [0.717, 1.165) is 19.5 Å². The highest BCUT2D eigenvalue weighted by atomic mass is 32.2. The molecule has 2 atom stereocenters. The van der Waals surface area contributed by atoms with Crippen LogP contribution in [0.1, 0.15) is 13.3 Å². The molecule has 6 heteroatoms. The van der Waals surface area contributed by atoms with Crippen molar-refractivity contribution in [3.63, 3.8) is 0 Å². The van der Waals surface area contributed by atoms with Gasteiger partial charge in [-0.25, -0.2) is 13.4 Å². The van der Waals surface area contributed by atoms with E-state index in [2.05, 4.69) is 17.2 Å². The smallest absolute Gasteiger partial charge is 0.232 e. The fourth-order valence-electron chi connectivity index (χ4n) is 2.01. The number of nitrogens with one attached hydrogen (secondary N) is 1. The van der Waals surface area contributed by atoms with E-state index in [9.17, 15) is 8.42 Å². The van der Waals surface area contributed by atoms with E-state index in [-0.39, 0.29) is 16.9 Å². The molecule has 0 bridgehead atoms. The average molecular weight is 270 g/mol. The Morgan fingerprint density at radius 3 is 2.94 bits per heavy atom. The predicted molar refractivity (Wildman–Crippen MR) is 68.4 cm³/mol. The lowest BCUT2D eigenvalue weighted by atomic mass is 9.97. The van der Waals surface area contributed by atoms with Crippen LogP contribution in [-0.2, 0) is 9.84 Å². The monoisotopic (exact) mass is 270 g/mol. The maximum absolute atomic E-state index is 11.6. The van der Waals surface area contributed by atoms with Gasteiger partial charge in [-0.05, 0) is 31.0 Å². The van der Waals surface area contributed by atoms with Crippen LogP contribution in [-0.4, -0.2) is 38.9 Å². The third kappa shape index (κ3) is 3.00. The van der Waals surface area contributed by atoms with Crippen molar-refractivity contribution in [2.24, 2.45) is 5.92 Å². The molecule has 0 radical (unpaired) electrons. The fourth-order valence-corrected chi connectivity index (χ4v) is 2.75. The first kappa shape index (κ1) is 13.3. The molecule has 1 saturated heterocycles. The van der Waals surface area contributed by atoms with Crippen molar-refractivity contribution in [2.45, 2.75) is 24.3 Å². The molecule has 1 aromatic rings. The Labute approximate surface area is 107 Å². The van der Waals surface area contributed by atoms with Crippen LogP contribution in [0.5, 0.6) is 5.88 Å². The molecular weight excluding hydrogens is 252 g/mol. The van der Waals surface area contributed by atoms with Crippen LogP contribution >= 0.6 is 0 Å². The van der Waals surface area contributed by atoms with Crippen LogP contribution in [0.4, 0.5) is 0 Å². The van der Waals surface area contributed by atoms with Crippen LogP contribution in [0.15, 0.2) is 23.2 Å². The summed E-state index contributed by atoms with van der Waals surface area (Å²) in [6, 6.07) is 3.13. The van der Waals surface area contributed by atoms with Gasteiger partial charge in [0.25, 0.3) is 0 Å². The molecule has 0 aliphatic carbocycles. The Morgan fingerprint density at radius 1 is 1.50 bits per heavy atom. The SMILES string of the molecule is CC1CCNCC1Oc1ncccc1S(C)(=O)=O. The van der Waals surface area contributed by atoms with Crippen molar-refractivity contribution < 1.29 is 13.2 Å². The van der Waals surface area contributed by atoms with E-state index >= 15 is 0 Å². The quantitative estimate of drug-likeness (QED) is 0.882. The molecule has 2 unspecified atom stereocenters. The maximum Gasteiger partial charge on any atom is 0.232 e. The highest BCUT2D eigenvalue weighted by Crippen LogP contribution is 2.24. The molecule has 1 fully saturated rings. The number of nitrogens with zero attached hydrogens (tertiary/aromatic N) is 1.